The van der Waals surface area contributed by atoms with Crippen LogP contribution in [0.2, 0.25) is 0 Å². The van der Waals surface area contributed by atoms with Crippen LogP contribution in [0.3, 0.4) is 0 Å². The van der Waals surface area contributed by atoms with Gasteiger partial charge in [-0.1, -0.05) is 37.3 Å². The quantitative estimate of drug-likeness (QED) is 0.811. The molecule has 4 heteroatoms. The van der Waals surface area contributed by atoms with Crippen LogP contribution in [0.15, 0.2) is 30.3 Å². The molecule has 1 saturated heterocycles. The number of amides is 1. The van der Waals surface area contributed by atoms with Gasteiger partial charge in [0.15, 0.2) is 0 Å². The predicted octanol–water partition coefficient (Wildman–Crippen LogP) is 2.32. The summed E-state index contributed by atoms with van der Waals surface area (Å²) in [6, 6.07) is 10.1. The molecule has 0 bridgehead atoms. The number of nitrogens with one attached hydrogen (secondary N) is 1. The maximum absolute atomic E-state index is 12.7. The number of hydrogen-bond donors (Lipinski definition) is 1. The van der Waals surface area contributed by atoms with Gasteiger partial charge in [0.25, 0.3) is 0 Å². The van der Waals surface area contributed by atoms with Gasteiger partial charge in [0, 0.05) is 20.3 Å². The summed E-state index contributed by atoms with van der Waals surface area (Å²) in [4.78, 5) is 14.6. The van der Waals surface area contributed by atoms with Crippen molar-refractivity contribution in [3.8, 4) is 0 Å². The van der Waals surface area contributed by atoms with E-state index in [1.54, 1.807) is 7.11 Å². The van der Waals surface area contributed by atoms with Crippen LogP contribution in [-0.2, 0) is 9.53 Å². The lowest BCUT2D eigenvalue weighted by Crippen LogP contribution is -2.43. The second-order valence-electron chi connectivity index (χ2n) is 5.49. The average Bonchev–Trinajstić information content (AvgIpc) is 2.74. The maximum Gasteiger partial charge on any atom is 0.244 e. The lowest BCUT2D eigenvalue weighted by molar-refractivity contribution is -0.133. The van der Waals surface area contributed by atoms with Crippen molar-refractivity contribution in [1.82, 2.24) is 10.2 Å². The highest BCUT2D eigenvalue weighted by molar-refractivity contribution is 5.88. The number of methoxy groups -OCH3 is 1. The van der Waals surface area contributed by atoms with Crippen molar-refractivity contribution in [2.24, 2.45) is 0 Å². The molecule has 0 aliphatic carbocycles. The van der Waals surface area contributed by atoms with Gasteiger partial charge in [-0.15, -0.1) is 0 Å². The number of carbonyl (C=O) groups is 1. The molecule has 0 radical (unpaired) electrons. The zero-order chi connectivity index (χ0) is 14.6. The Hall–Kier alpha value is -1.39. The third kappa shape index (κ3) is 2.86. The van der Waals surface area contributed by atoms with E-state index in [4.69, 9.17) is 4.74 Å². The summed E-state index contributed by atoms with van der Waals surface area (Å²) in [5.41, 5.74) is 0.670. The Morgan fingerprint density at radius 2 is 2.05 bits per heavy atom. The van der Waals surface area contributed by atoms with Crippen LogP contribution in [0.5, 0.6) is 0 Å². The molecule has 2 unspecified atom stereocenters. The first kappa shape index (κ1) is 15.0. The second-order valence-corrected chi connectivity index (χ2v) is 5.49. The Morgan fingerprint density at radius 1 is 1.35 bits per heavy atom. The predicted molar refractivity (Wildman–Crippen MR) is 79.2 cm³/mol. The van der Waals surface area contributed by atoms with E-state index in [-0.39, 0.29) is 12.1 Å². The molecule has 2 rings (SSSR count). The van der Waals surface area contributed by atoms with E-state index in [1.807, 2.05) is 36.9 Å². The highest BCUT2D eigenvalue weighted by Crippen LogP contribution is 2.32. The van der Waals surface area contributed by atoms with Crippen LogP contribution < -0.4 is 5.32 Å². The van der Waals surface area contributed by atoms with Gasteiger partial charge in [-0.05, 0) is 25.3 Å². The molecule has 0 saturated carbocycles. The number of carbonyl (C=O) groups excluding carboxylic acids is 1. The topological polar surface area (TPSA) is 41.6 Å². The van der Waals surface area contributed by atoms with E-state index in [9.17, 15) is 4.79 Å². The van der Waals surface area contributed by atoms with E-state index in [0.717, 1.165) is 24.9 Å². The highest BCUT2D eigenvalue weighted by Gasteiger charge is 2.46. The summed E-state index contributed by atoms with van der Waals surface area (Å²) in [6.07, 6.45) is 1.61. The molecule has 20 heavy (non-hydrogen) atoms. The van der Waals surface area contributed by atoms with Gasteiger partial charge in [0.2, 0.25) is 5.91 Å². The first-order valence-corrected chi connectivity index (χ1v) is 7.25. The SMILES string of the molecule is CCC1(C)NC(c2ccccc2)N(CCCOC)C1=O. The minimum absolute atomic E-state index is 0.0366. The average molecular weight is 276 g/mol. The largest absolute Gasteiger partial charge is 0.385 e. The van der Waals surface area contributed by atoms with Crippen molar-refractivity contribution in [2.45, 2.75) is 38.4 Å². The highest BCUT2D eigenvalue weighted by atomic mass is 16.5. The van der Waals surface area contributed by atoms with Gasteiger partial charge in [-0.3, -0.25) is 10.1 Å². The summed E-state index contributed by atoms with van der Waals surface area (Å²) >= 11 is 0. The number of rotatable bonds is 6. The maximum atomic E-state index is 12.7. The minimum Gasteiger partial charge on any atom is -0.385 e. The fraction of sp³-hybridized carbons (Fsp3) is 0.562. The lowest BCUT2D eigenvalue weighted by Gasteiger charge is -2.24. The molecule has 1 fully saturated rings. The lowest BCUT2D eigenvalue weighted by atomic mass is 9.99. The van der Waals surface area contributed by atoms with E-state index in [0.29, 0.717) is 6.61 Å². The molecule has 0 aromatic heterocycles. The molecule has 110 valence electrons. The van der Waals surface area contributed by atoms with Crippen LogP contribution in [0.1, 0.15) is 38.4 Å². The molecule has 1 aliphatic heterocycles. The van der Waals surface area contributed by atoms with Crippen molar-refractivity contribution in [3.63, 3.8) is 0 Å². The monoisotopic (exact) mass is 276 g/mol. The Balaban J connectivity index is 2.21. The first-order chi connectivity index (χ1) is 9.62. The van der Waals surface area contributed by atoms with Crippen molar-refractivity contribution in [3.05, 3.63) is 35.9 Å². The van der Waals surface area contributed by atoms with Crippen LogP contribution in [0, 0.1) is 0 Å². The van der Waals surface area contributed by atoms with Gasteiger partial charge in [-0.2, -0.15) is 0 Å². The van der Waals surface area contributed by atoms with E-state index < -0.39 is 5.54 Å². The molecule has 1 amide bonds. The van der Waals surface area contributed by atoms with Gasteiger partial charge in [0.1, 0.15) is 6.17 Å². The zero-order valence-electron chi connectivity index (χ0n) is 12.6. The fourth-order valence-corrected chi connectivity index (χ4v) is 2.64. The van der Waals surface area contributed by atoms with Gasteiger partial charge in [0.05, 0.1) is 5.54 Å². The molecular formula is C16H24N2O2. The number of ether oxygens (including phenoxy) is 1. The van der Waals surface area contributed by atoms with Crippen molar-refractivity contribution in [1.29, 1.82) is 0 Å². The summed E-state index contributed by atoms with van der Waals surface area (Å²) in [7, 11) is 1.69. The molecular weight excluding hydrogens is 252 g/mol. The Bertz CT molecular complexity index is 449. The van der Waals surface area contributed by atoms with Crippen molar-refractivity contribution in [2.75, 3.05) is 20.3 Å². The summed E-state index contributed by atoms with van der Waals surface area (Å²) in [6.45, 7) is 5.43. The number of benzene rings is 1. The fourth-order valence-electron chi connectivity index (χ4n) is 2.64. The Morgan fingerprint density at radius 3 is 2.65 bits per heavy atom. The summed E-state index contributed by atoms with van der Waals surface area (Å²) in [5, 5.41) is 3.50. The molecule has 2 atom stereocenters. The van der Waals surface area contributed by atoms with Gasteiger partial charge in [-0.25, -0.2) is 0 Å². The van der Waals surface area contributed by atoms with Crippen LogP contribution in [-0.4, -0.2) is 36.6 Å². The molecule has 1 aliphatic rings. The van der Waals surface area contributed by atoms with Crippen molar-refractivity contribution < 1.29 is 9.53 Å². The summed E-state index contributed by atoms with van der Waals surface area (Å²) < 4.78 is 5.10. The van der Waals surface area contributed by atoms with Crippen LogP contribution >= 0.6 is 0 Å². The molecule has 1 heterocycles. The van der Waals surface area contributed by atoms with Crippen molar-refractivity contribution >= 4 is 5.91 Å². The van der Waals surface area contributed by atoms with Gasteiger partial charge < -0.3 is 9.64 Å². The third-order valence-electron chi connectivity index (χ3n) is 4.07. The normalized spacial score (nSPS) is 26.2. The first-order valence-electron chi connectivity index (χ1n) is 7.25. The summed E-state index contributed by atoms with van der Waals surface area (Å²) in [5.74, 6) is 0.185. The van der Waals surface area contributed by atoms with Crippen LogP contribution in [0.4, 0.5) is 0 Å². The van der Waals surface area contributed by atoms with E-state index in [1.165, 1.54) is 0 Å². The standard InChI is InChI=1S/C16H24N2O2/c1-4-16(2)15(19)18(11-8-12-20-3)14(17-16)13-9-6-5-7-10-13/h5-7,9-10,14,17H,4,8,11-12H2,1-3H3. The second kappa shape index (κ2) is 6.37. The molecule has 1 aromatic rings. The van der Waals surface area contributed by atoms with Gasteiger partial charge >= 0.3 is 0 Å². The molecule has 1 aromatic carbocycles. The minimum atomic E-state index is -0.465. The third-order valence-corrected chi connectivity index (χ3v) is 4.07. The Kier molecular flexibility index (Phi) is 4.78. The Labute approximate surface area is 121 Å². The van der Waals surface area contributed by atoms with E-state index in [2.05, 4.69) is 17.4 Å². The number of hydrogen-bond acceptors (Lipinski definition) is 3. The smallest absolute Gasteiger partial charge is 0.244 e. The zero-order valence-corrected chi connectivity index (χ0v) is 12.6. The van der Waals surface area contributed by atoms with E-state index >= 15 is 0 Å². The molecule has 1 N–H and O–H groups in total. The molecule has 0 spiro atoms. The number of nitrogens with zero attached hydrogens (tertiary/aromatic N) is 1. The van der Waals surface area contributed by atoms with Crippen LogP contribution in [0.25, 0.3) is 0 Å². The molecule has 4 nitrogen and oxygen atoms in total.